The molecule has 2 aromatic rings. The average Bonchev–Trinajstić information content (AvgIpc) is 3.17. The number of nitrogens with one attached hydrogen (secondary N) is 1. The summed E-state index contributed by atoms with van der Waals surface area (Å²) in [4.78, 5) is 14.3. The Balaban J connectivity index is 1.18. The monoisotopic (exact) mass is 432 g/mol. The van der Waals surface area contributed by atoms with Gasteiger partial charge in [0, 0.05) is 41.4 Å². The number of fused-ring (bicyclic) bond motifs is 1. The first-order valence-electron chi connectivity index (χ1n) is 11.4. The summed E-state index contributed by atoms with van der Waals surface area (Å²) in [5.74, 6) is 1.36. The van der Waals surface area contributed by atoms with Crippen molar-refractivity contribution in [1.29, 1.82) is 0 Å². The SMILES string of the molecule is NCCC(=O)NC1CCC(CCN2CCC(c3noc4cc(Cl)ccc34)CC2)CC1. The second-order valence-electron chi connectivity index (χ2n) is 8.94. The van der Waals surface area contributed by atoms with E-state index in [2.05, 4.69) is 15.4 Å². The van der Waals surface area contributed by atoms with Gasteiger partial charge in [-0.1, -0.05) is 16.8 Å². The van der Waals surface area contributed by atoms with E-state index in [-0.39, 0.29) is 5.91 Å². The summed E-state index contributed by atoms with van der Waals surface area (Å²) in [5.41, 5.74) is 7.34. The third-order valence-electron chi connectivity index (χ3n) is 6.87. The van der Waals surface area contributed by atoms with Gasteiger partial charge in [-0.15, -0.1) is 0 Å². The van der Waals surface area contributed by atoms with Gasteiger partial charge in [-0.2, -0.15) is 0 Å². The van der Waals surface area contributed by atoms with Crippen LogP contribution in [0, 0.1) is 5.92 Å². The quantitative estimate of drug-likeness (QED) is 0.688. The fourth-order valence-electron chi connectivity index (χ4n) is 5.05. The van der Waals surface area contributed by atoms with E-state index in [0.29, 0.717) is 29.9 Å². The average molecular weight is 433 g/mol. The summed E-state index contributed by atoms with van der Waals surface area (Å²) in [6.07, 6.45) is 8.61. The lowest BCUT2D eigenvalue weighted by Crippen LogP contribution is -2.39. The van der Waals surface area contributed by atoms with Crippen molar-refractivity contribution in [3.05, 3.63) is 28.9 Å². The van der Waals surface area contributed by atoms with Crippen molar-refractivity contribution in [3.8, 4) is 0 Å². The predicted octanol–water partition coefficient (Wildman–Crippen LogP) is 4.07. The summed E-state index contributed by atoms with van der Waals surface area (Å²) in [7, 11) is 0. The first-order chi connectivity index (χ1) is 14.6. The summed E-state index contributed by atoms with van der Waals surface area (Å²) in [5, 5.41) is 9.28. The largest absolute Gasteiger partial charge is 0.356 e. The first kappa shape index (κ1) is 21.6. The van der Waals surface area contributed by atoms with Crippen LogP contribution < -0.4 is 11.1 Å². The van der Waals surface area contributed by atoms with Crippen LogP contribution in [0.25, 0.3) is 11.0 Å². The van der Waals surface area contributed by atoms with Crippen LogP contribution >= 0.6 is 11.6 Å². The molecule has 0 unspecified atom stereocenters. The molecule has 0 atom stereocenters. The van der Waals surface area contributed by atoms with Crippen molar-refractivity contribution in [3.63, 3.8) is 0 Å². The normalized spacial score (nSPS) is 23.7. The van der Waals surface area contributed by atoms with Gasteiger partial charge in [0.25, 0.3) is 0 Å². The zero-order valence-electron chi connectivity index (χ0n) is 17.6. The molecule has 164 valence electrons. The van der Waals surface area contributed by atoms with Crippen molar-refractivity contribution in [2.75, 3.05) is 26.2 Å². The lowest BCUT2D eigenvalue weighted by atomic mass is 9.83. The van der Waals surface area contributed by atoms with Crippen LogP contribution in [0.5, 0.6) is 0 Å². The van der Waals surface area contributed by atoms with Gasteiger partial charge >= 0.3 is 0 Å². The molecular formula is C23H33ClN4O2. The number of carbonyl (C=O) groups is 1. The molecule has 0 bridgehead atoms. The van der Waals surface area contributed by atoms with E-state index in [1.807, 2.05) is 18.2 Å². The third-order valence-corrected chi connectivity index (χ3v) is 7.11. The summed E-state index contributed by atoms with van der Waals surface area (Å²) < 4.78 is 5.50. The van der Waals surface area contributed by atoms with Gasteiger partial charge in [0.05, 0.1) is 5.69 Å². The molecule has 30 heavy (non-hydrogen) atoms. The van der Waals surface area contributed by atoms with E-state index in [9.17, 15) is 4.79 Å². The highest BCUT2D eigenvalue weighted by molar-refractivity contribution is 6.31. The second-order valence-corrected chi connectivity index (χ2v) is 9.37. The maximum atomic E-state index is 11.7. The predicted molar refractivity (Wildman–Crippen MR) is 120 cm³/mol. The lowest BCUT2D eigenvalue weighted by Gasteiger charge is -2.34. The zero-order chi connectivity index (χ0) is 20.9. The van der Waals surface area contributed by atoms with Gasteiger partial charge in [-0.25, -0.2) is 0 Å². The van der Waals surface area contributed by atoms with Crippen molar-refractivity contribution in [2.24, 2.45) is 11.7 Å². The van der Waals surface area contributed by atoms with Crippen molar-refractivity contribution >= 4 is 28.5 Å². The van der Waals surface area contributed by atoms with E-state index >= 15 is 0 Å². The zero-order valence-corrected chi connectivity index (χ0v) is 18.4. The number of aromatic nitrogens is 1. The number of carbonyl (C=O) groups excluding carboxylic acids is 1. The number of piperidine rings is 1. The standard InChI is InChI=1S/C23H33ClN4O2/c24-18-3-6-20-21(15-18)30-27-23(20)17-9-13-28(14-10-17)12-8-16-1-4-19(5-2-16)26-22(29)7-11-25/h3,6,15-17,19H,1-2,4-5,7-14,25H2,(H,26,29). The number of amides is 1. The van der Waals surface area contributed by atoms with E-state index < -0.39 is 0 Å². The molecule has 2 fully saturated rings. The van der Waals surface area contributed by atoms with Gasteiger partial charge in [0.15, 0.2) is 5.58 Å². The van der Waals surface area contributed by atoms with Crippen LogP contribution in [0.2, 0.25) is 5.02 Å². The molecule has 4 rings (SSSR count). The summed E-state index contributed by atoms with van der Waals surface area (Å²) >= 11 is 6.06. The number of rotatable bonds is 7. The van der Waals surface area contributed by atoms with E-state index in [1.54, 1.807) is 0 Å². The molecule has 0 radical (unpaired) electrons. The van der Waals surface area contributed by atoms with Crippen molar-refractivity contribution in [1.82, 2.24) is 15.4 Å². The Morgan fingerprint density at radius 2 is 1.97 bits per heavy atom. The minimum atomic E-state index is 0.104. The smallest absolute Gasteiger partial charge is 0.221 e. The fraction of sp³-hybridized carbons (Fsp3) is 0.652. The molecular weight excluding hydrogens is 400 g/mol. The molecule has 1 aromatic heterocycles. The molecule has 1 saturated carbocycles. The van der Waals surface area contributed by atoms with E-state index in [0.717, 1.165) is 61.4 Å². The van der Waals surface area contributed by atoms with Gasteiger partial charge in [0.1, 0.15) is 0 Å². The summed E-state index contributed by atoms with van der Waals surface area (Å²) in [6.45, 7) is 3.85. The highest BCUT2D eigenvalue weighted by atomic mass is 35.5. The number of nitrogens with two attached hydrogens (primary N) is 1. The third kappa shape index (κ3) is 5.34. The minimum absolute atomic E-state index is 0.104. The van der Waals surface area contributed by atoms with Crippen LogP contribution in [0.4, 0.5) is 0 Å². The maximum absolute atomic E-state index is 11.7. The van der Waals surface area contributed by atoms with Crippen LogP contribution in [-0.2, 0) is 4.79 Å². The molecule has 1 aliphatic carbocycles. The number of likely N-dealkylation sites (tertiary alicyclic amines) is 1. The van der Waals surface area contributed by atoms with Crippen LogP contribution in [-0.4, -0.2) is 48.2 Å². The first-order valence-corrected chi connectivity index (χ1v) is 11.8. The van der Waals surface area contributed by atoms with Crippen molar-refractivity contribution < 1.29 is 9.32 Å². The highest BCUT2D eigenvalue weighted by Gasteiger charge is 2.27. The molecule has 1 saturated heterocycles. The highest BCUT2D eigenvalue weighted by Crippen LogP contribution is 2.34. The second kappa shape index (κ2) is 10.1. The molecule has 1 amide bonds. The molecule has 1 aromatic carbocycles. The maximum Gasteiger partial charge on any atom is 0.221 e. The van der Waals surface area contributed by atoms with Crippen LogP contribution in [0.1, 0.15) is 63.0 Å². The van der Waals surface area contributed by atoms with Crippen LogP contribution in [0.15, 0.2) is 22.7 Å². The Morgan fingerprint density at radius 3 is 2.70 bits per heavy atom. The lowest BCUT2D eigenvalue weighted by molar-refractivity contribution is -0.121. The molecule has 2 heterocycles. The molecule has 0 spiro atoms. The number of hydrogen-bond donors (Lipinski definition) is 2. The van der Waals surface area contributed by atoms with E-state index in [1.165, 1.54) is 25.8 Å². The summed E-state index contributed by atoms with van der Waals surface area (Å²) in [6, 6.07) is 6.15. The minimum Gasteiger partial charge on any atom is -0.356 e. The molecule has 2 aliphatic rings. The number of nitrogens with zero attached hydrogens (tertiary/aromatic N) is 2. The Morgan fingerprint density at radius 1 is 1.20 bits per heavy atom. The Kier molecular flexibility index (Phi) is 7.28. The van der Waals surface area contributed by atoms with Crippen LogP contribution in [0.3, 0.4) is 0 Å². The van der Waals surface area contributed by atoms with Gasteiger partial charge in [-0.3, -0.25) is 4.79 Å². The molecule has 6 nitrogen and oxygen atoms in total. The molecule has 1 aliphatic heterocycles. The fourth-order valence-corrected chi connectivity index (χ4v) is 5.21. The van der Waals surface area contributed by atoms with Gasteiger partial charge < -0.3 is 20.5 Å². The van der Waals surface area contributed by atoms with Gasteiger partial charge in [0.2, 0.25) is 5.91 Å². The van der Waals surface area contributed by atoms with E-state index in [4.69, 9.17) is 21.9 Å². The number of benzene rings is 1. The molecule has 3 N–H and O–H groups in total. The Hall–Kier alpha value is -1.63. The molecule has 7 heteroatoms. The topological polar surface area (TPSA) is 84.4 Å². The van der Waals surface area contributed by atoms with Crippen molar-refractivity contribution in [2.45, 2.75) is 63.3 Å². The Bertz CT molecular complexity index is 839. The number of hydrogen-bond acceptors (Lipinski definition) is 5. The van der Waals surface area contributed by atoms with Gasteiger partial charge in [-0.05, 0) is 82.6 Å². The Labute approximate surface area is 183 Å². The number of halogens is 1.